The SMILES string of the molecule is COc1ccc(S(=O)(=O)NCc2cccc(CN3CCCCC3)c2)cc1NC(C)=O. The van der Waals surface area contributed by atoms with Crippen LogP contribution in [0.2, 0.25) is 0 Å². The predicted octanol–water partition coefficient (Wildman–Crippen LogP) is 3.12. The van der Waals surface area contributed by atoms with Crippen LogP contribution in [0.15, 0.2) is 47.4 Å². The lowest BCUT2D eigenvalue weighted by Crippen LogP contribution is -2.29. The molecule has 2 aromatic carbocycles. The van der Waals surface area contributed by atoms with Crippen molar-refractivity contribution >= 4 is 21.6 Å². The second-order valence-electron chi connectivity index (χ2n) is 7.52. The summed E-state index contributed by atoms with van der Waals surface area (Å²) in [5, 5.41) is 2.60. The lowest BCUT2D eigenvalue weighted by Gasteiger charge is -2.26. The van der Waals surface area contributed by atoms with Crippen molar-refractivity contribution in [2.24, 2.45) is 0 Å². The molecule has 1 saturated heterocycles. The fraction of sp³-hybridized carbons (Fsp3) is 0.409. The molecule has 162 valence electrons. The summed E-state index contributed by atoms with van der Waals surface area (Å²) in [6.45, 7) is 4.67. The van der Waals surface area contributed by atoms with E-state index in [1.165, 1.54) is 57.1 Å². The van der Waals surface area contributed by atoms with Crippen LogP contribution >= 0.6 is 0 Å². The number of hydrogen-bond acceptors (Lipinski definition) is 5. The van der Waals surface area contributed by atoms with Gasteiger partial charge in [0.2, 0.25) is 15.9 Å². The van der Waals surface area contributed by atoms with Crippen molar-refractivity contribution in [3.8, 4) is 5.75 Å². The molecule has 0 spiro atoms. The Morgan fingerprint density at radius 3 is 2.50 bits per heavy atom. The number of amides is 1. The monoisotopic (exact) mass is 431 g/mol. The minimum Gasteiger partial charge on any atom is -0.495 e. The van der Waals surface area contributed by atoms with Gasteiger partial charge in [-0.1, -0.05) is 30.7 Å². The molecule has 0 atom stereocenters. The van der Waals surface area contributed by atoms with Gasteiger partial charge in [-0.2, -0.15) is 0 Å². The predicted molar refractivity (Wildman–Crippen MR) is 117 cm³/mol. The van der Waals surface area contributed by atoms with Gasteiger partial charge in [-0.05, 0) is 55.3 Å². The number of nitrogens with zero attached hydrogens (tertiary/aromatic N) is 1. The van der Waals surface area contributed by atoms with Crippen molar-refractivity contribution in [3.05, 3.63) is 53.6 Å². The summed E-state index contributed by atoms with van der Waals surface area (Å²) in [5.74, 6) is 0.0934. The molecule has 30 heavy (non-hydrogen) atoms. The zero-order chi connectivity index (χ0) is 21.6. The van der Waals surface area contributed by atoms with Crippen LogP contribution < -0.4 is 14.8 Å². The van der Waals surface area contributed by atoms with Crippen LogP contribution in [-0.4, -0.2) is 39.4 Å². The Kier molecular flexibility index (Phi) is 7.47. The zero-order valence-corrected chi connectivity index (χ0v) is 18.3. The van der Waals surface area contributed by atoms with E-state index in [0.29, 0.717) is 11.4 Å². The Labute approximate surface area is 178 Å². The molecule has 1 heterocycles. The first-order valence-electron chi connectivity index (χ1n) is 10.1. The number of rotatable bonds is 8. The van der Waals surface area contributed by atoms with Crippen LogP contribution in [0.25, 0.3) is 0 Å². The molecule has 1 fully saturated rings. The molecule has 7 nitrogen and oxygen atoms in total. The van der Waals surface area contributed by atoms with Crippen molar-refractivity contribution in [2.75, 3.05) is 25.5 Å². The Morgan fingerprint density at radius 1 is 1.07 bits per heavy atom. The third kappa shape index (κ3) is 6.04. The fourth-order valence-electron chi connectivity index (χ4n) is 3.62. The number of likely N-dealkylation sites (tertiary alicyclic amines) is 1. The summed E-state index contributed by atoms with van der Waals surface area (Å²) in [4.78, 5) is 13.9. The Bertz CT molecular complexity index is 986. The molecule has 8 heteroatoms. The van der Waals surface area contributed by atoms with Gasteiger partial charge in [-0.15, -0.1) is 0 Å². The third-order valence-corrected chi connectivity index (χ3v) is 6.50. The quantitative estimate of drug-likeness (QED) is 0.671. The largest absolute Gasteiger partial charge is 0.495 e. The van der Waals surface area contributed by atoms with E-state index >= 15 is 0 Å². The summed E-state index contributed by atoms with van der Waals surface area (Å²) in [7, 11) is -2.29. The van der Waals surface area contributed by atoms with Crippen molar-refractivity contribution in [2.45, 2.75) is 44.2 Å². The first kappa shape index (κ1) is 22.3. The number of carbonyl (C=O) groups excluding carboxylic acids is 1. The Hall–Kier alpha value is -2.42. The Balaban J connectivity index is 1.69. The van der Waals surface area contributed by atoms with Crippen LogP contribution in [-0.2, 0) is 27.9 Å². The minimum absolute atomic E-state index is 0.0662. The van der Waals surface area contributed by atoms with Gasteiger partial charge in [0.1, 0.15) is 5.75 Å². The van der Waals surface area contributed by atoms with Gasteiger partial charge in [0.15, 0.2) is 0 Å². The van der Waals surface area contributed by atoms with Gasteiger partial charge in [0, 0.05) is 20.0 Å². The summed E-state index contributed by atoms with van der Waals surface area (Å²) in [5.41, 5.74) is 2.41. The molecule has 1 aliphatic heterocycles. The number of piperidine rings is 1. The zero-order valence-electron chi connectivity index (χ0n) is 17.5. The van der Waals surface area contributed by atoms with E-state index in [1.807, 2.05) is 18.2 Å². The van der Waals surface area contributed by atoms with Crippen molar-refractivity contribution in [1.29, 1.82) is 0 Å². The van der Waals surface area contributed by atoms with Gasteiger partial charge in [-0.3, -0.25) is 9.69 Å². The molecular weight excluding hydrogens is 402 g/mol. The maximum Gasteiger partial charge on any atom is 0.240 e. The molecule has 0 bridgehead atoms. The Morgan fingerprint density at radius 2 is 1.80 bits per heavy atom. The van der Waals surface area contributed by atoms with E-state index < -0.39 is 10.0 Å². The smallest absolute Gasteiger partial charge is 0.240 e. The number of carbonyl (C=O) groups is 1. The molecule has 3 rings (SSSR count). The number of benzene rings is 2. The van der Waals surface area contributed by atoms with Crippen LogP contribution in [0, 0.1) is 0 Å². The van der Waals surface area contributed by atoms with Crippen LogP contribution in [0.5, 0.6) is 5.75 Å². The number of nitrogens with one attached hydrogen (secondary N) is 2. The van der Waals surface area contributed by atoms with E-state index in [4.69, 9.17) is 4.74 Å². The van der Waals surface area contributed by atoms with E-state index in [9.17, 15) is 13.2 Å². The van der Waals surface area contributed by atoms with Crippen LogP contribution in [0.1, 0.15) is 37.3 Å². The van der Waals surface area contributed by atoms with Gasteiger partial charge < -0.3 is 10.1 Å². The molecule has 1 amide bonds. The van der Waals surface area contributed by atoms with Crippen molar-refractivity contribution in [3.63, 3.8) is 0 Å². The summed E-state index contributed by atoms with van der Waals surface area (Å²) in [6, 6.07) is 12.4. The lowest BCUT2D eigenvalue weighted by molar-refractivity contribution is -0.114. The number of ether oxygens (including phenoxy) is 1. The van der Waals surface area contributed by atoms with E-state index in [2.05, 4.69) is 21.0 Å². The van der Waals surface area contributed by atoms with E-state index in [1.54, 1.807) is 0 Å². The highest BCUT2D eigenvalue weighted by Crippen LogP contribution is 2.27. The number of hydrogen-bond donors (Lipinski definition) is 2. The molecule has 2 aromatic rings. The first-order valence-corrected chi connectivity index (χ1v) is 11.6. The van der Waals surface area contributed by atoms with Gasteiger partial charge in [0.25, 0.3) is 0 Å². The molecule has 0 aliphatic carbocycles. The third-order valence-electron chi connectivity index (χ3n) is 5.10. The fourth-order valence-corrected chi connectivity index (χ4v) is 4.66. The van der Waals surface area contributed by atoms with Crippen molar-refractivity contribution < 1.29 is 17.9 Å². The average Bonchev–Trinajstić information content (AvgIpc) is 2.73. The molecule has 0 unspecified atom stereocenters. The van der Waals surface area contributed by atoms with Gasteiger partial charge in [-0.25, -0.2) is 13.1 Å². The molecule has 0 saturated carbocycles. The van der Waals surface area contributed by atoms with Crippen LogP contribution in [0.3, 0.4) is 0 Å². The highest BCUT2D eigenvalue weighted by Gasteiger charge is 2.17. The first-order chi connectivity index (χ1) is 14.4. The standard InChI is InChI=1S/C22H29N3O4S/c1-17(26)24-21-14-20(9-10-22(21)29-2)30(27,28)23-15-18-7-6-8-19(13-18)16-25-11-4-3-5-12-25/h6-10,13-14,23H,3-5,11-12,15-16H2,1-2H3,(H,24,26). The summed E-state index contributed by atoms with van der Waals surface area (Å²) in [6.07, 6.45) is 3.77. The minimum atomic E-state index is -3.75. The van der Waals surface area contributed by atoms with Gasteiger partial charge >= 0.3 is 0 Å². The van der Waals surface area contributed by atoms with Crippen LogP contribution in [0.4, 0.5) is 5.69 Å². The van der Waals surface area contributed by atoms with Gasteiger partial charge in [0.05, 0.1) is 17.7 Å². The number of sulfonamides is 1. The maximum atomic E-state index is 12.8. The summed E-state index contributed by atoms with van der Waals surface area (Å²) >= 11 is 0. The topological polar surface area (TPSA) is 87.7 Å². The second kappa shape index (κ2) is 10.1. The lowest BCUT2D eigenvalue weighted by atomic mass is 10.1. The highest BCUT2D eigenvalue weighted by atomic mass is 32.2. The van der Waals surface area contributed by atoms with Crippen molar-refractivity contribution in [1.82, 2.24) is 9.62 Å². The van der Waals surface area contributed by atoms with E-state index in [0.717, 1.165) is 25.2 Å². The maximum absolute atomic E-state index is 12.8. The number of methoxy groups -OCH3 is 1. The number of anilines is 1. The van der Waals surface area contributed by atoms with E-state index in [-0.39, 0.29) is 17.3 Å². The normalized spacial score (nSPS) is 15.0. The summed E-state index contributed by atoms with van der Waals surface area (Å²) < 4.78 is 33.4. The molecule has 0 aromatic heterocycles. The molecular formula is C22H29N3O4S. The highest BCUT2D eigenvalue weighted by molar-refractivity contribution is 7.89. The molecule has 1 aliphatic rings. The molecule has 2 N–H and O–H groups in total. The second-order valence-corrected chi connectivity index (χ2v) is 9.29. The average molecular weight is 432 g/mol. The molecule has 0 radical (unpaired) electrons.